The van der Waals surface area contributed by atoms with Gasteiger partial charge in [-0.2, -0.15) is 5.26 Å². The number of rotatable bonds is 6. The van der Waals surface area contributed by atoms with Crippen molar-refractivity contribution in [2.75, 3.05) is 11.9 Å². The molecule has 0 aliphatic carbocycles. The van der Waals surface area contributed by atoms with E-state index < -0.39 is 0 Å². The minimum Gasteiger partial charge on any atom is -0.494 e. The normalized spacial score (nSPS) is 10.9. The van der Waals surface area contributed by atoms with Gasteiger partial charge in [-0.25, -0.2) is 0 Å². The Kier molecular flexibility index (Phi) is 5.99. The third kappa shape index (κ3) is 5.10. The Balaban J connectivity index is 1.73. The second kappa shape index (κ2) is 7.98. The maximum absolute atomic E-state index is 11.9. The predicted octanol–water partition coefficient (Wildman–Crippen LogP) is 4.71. The van der Waals surface area contributed by atoms with Gasteiger partial charge < -0.3 is 10.1 Å². The van der Waals surface area contributed by atoms with Crippen LogP contribution in [0.4, 0.5) is 5.00 Å². The summed E-state index contributed by atoms with van der Waals surface area (Å²) in [5.74, 6) is 0.717. The Bertz CT molecular complexity index is 721. The highest BCUT2D eigenvalue weighted by Crippen LogP contribution is 2.24. The second-order valence-electron chi connectivity index (χ2n) is 6.55. The summed E-state index contributed by atoms with van der Waals surface area (Å²) in [4.78, 5) is 11.9. The minimum atomic E-state index is -0.0966. The highest BCUT2D eigenvalue weighted by atomic mass is 32.1. The average molecular weight is 342 g/mol. The lowest BCUT2D eigenvalue weighted by Gasteiger charge is -2.19. The largest absolute Gasteiger partial charge is 0.494 e. The van der Waals surface area contributed by atoms with Gasteiger partial charge in [0.15, 0.2) is 0 Å². The maximum atomic E-state index is 11.9. The number of anilines is 1. The zero-order chi connectivity index (χ0) is 17.6. The van der Waals surface area contributed by atoms with Crippen LogP contribution in [0.15, 0.2) is 35.7 Å². The fourth-order valence-corrected chi connectivity index (χ4v) is 2.91. The van der Waals surface area contributed by atoms with Crippen LogP contribution in [0.1, 0.15) is 44.7 Å². The summed E-state index contributed by atoms with van der Waals surface area (Å²) in [6.45, 7) is 7.00. The molecule has 0 aliphatic rings. The average Bonchev–Trinajstić information content (AvgIpc) is 2.98. The van der Waals surface area contributed by atoms with Crippen molar-refractivity contribution in [3.05, 3.63) is 46.8 Å². The van der Waals surface area contributed by atoms with Gasteiger partial charge in [0, 0.05) is 6.42 Å². The van der Waals surface area contributed by atoms with Gasteiger partial charge in [-0.05, 0) is 41.0 Å². The van der Waals surface area contributed by atoms with Crippen molar-refractivity contribution in [2.45, 2.75) is 39.0 Å². The number of thiophene rings is 1. The maximum Gasteiger partial charge on any atom is 0.225 e. The Hall–Kier alpha value is -2.32. The van der Waals surface area contributed by atoms with Crippen molar-refractivity contribution < 1.29 is 9.53 Å². The summed E-state index contributed by atoms with van der Waals surface area (Å²) in [7, 11) is 0. The summed E-state index contributed by atoms with van der Waals surface area (Å²) in [5.41, 5.74) is 1.89. The zero-order valence-corrected chi connectivity index (χ0v) is 15.1. The van der Waals surface area contributed by atoms with E-state index in [2.05, 4.69) is 44.3 Å². The molecule has 0 bridgehead atoms. The quantitative estimate of drug-likeness (QED) is 0.773. The van der Waals surface area contributed by atoms with Crippen LogP contribution in [0, 0.1) is 11.3 Å². The number of nitriles is 1. The molecule has 24 heavy (non-hydrogen) atoms. The number of hydrogen-bond donors (Lipinski definition) is 1. The molecule has 0 spiro atoms. The van der Waals surface area contributed by atoms with Gasteiger partial charge in [0.05, 0.1) is 12.2 Å². The predicted molar refractivity (Wildman–Crippen MR) is 97.5 cm³/mol. The molecule has 1 amide bonds. The first kappa shape index (κ1) is 18.0. The van der Waals surface area contributed by atoms with Crippen LogP contribution in [0.3, 0.4) is 0 Å². The van der Waals surface area contributed by atoms with E-state index in [0.717, 1.165) is 5.75 Å². The Morgan fingerprint density at radius 1 is 1.25 bits per heavy atom. The van der Waals surface area contributed by atoms with Gasteiger partial charge >= 0.3 is 0 Å². The molecule has 1 heterocycles. The zero-order valence-electron chi connectivity index (χ0n) is 14.3. The lowest BCUT2D eigenvalue weighted by molar-refractivity contribution is -0.116. The standard InChI is InChI=1S/C19H22N2O2S/c1-19(2,3)15-6-8-16(9-7-15)23-11-4-5-17(22)21-18-14(13-20)10-12-24-18/h6-10,12H,4-5,11H2,1-3H3,(H,21,22). The number of carbonyl (C=O) groups is 1. The topological polar surface area (TPSA) is 62.1 Å². The van der Waals surface area contributed by atoms with Crippen molar-refractivity contribution in [1.82, 2.24) is 0 Å². The van der Waals surface area contributed by atoms with Gasteiger partial charge in [-0.1, -0.05) is 32.9 Å². The Morgan fingerprint density at radius 2 is 1.96 bits per heavy atom. The molecule has 0 radical (unpaired) electrons. The lowest BCUT2D eigenvalue weighted by atomic mass is 9.87. The summed E-state index contributed by atoms with van der Waals surface area (Å²) in [6, 6.07) is 11.8. The first-order valence-electron chi connectivity index (χ1n) is 7.91. The van der Waals surface area contributed by atoms with E-state index in [1.165, 1.54) is 16.9 Å². The number of nitrogens with zero attached hydrogens (tertiary/aromatic N) is 1. The molecule has 2 rings (SSSR count). The number of nitrogens with one attached hydrogen (secondary N) is 1. The van der Waals surface area contributed by atoms with Gasteiger partial charge in [0.2, 0.25) is 5.91 Å². The van der Waals surface area contributed by atoms with Crippen LogP contribution in [0.5, 0.6) is 5.75 Å². The molecule has 0 fully saturated rings. The van der Waals surface area contributed by atoms with Crippen LogP contribution >= 0.6 is 11.3 Å². The Labute approximate surface area is 147 Å². The van der Waals surface area contributed by atoms with Gasteiger partial charge in [0.25, 0.3) is 0 Å². The summed E-state index contributed by atoms with van der Waals surface area (Å²) in [6.07, 6.45) is 0.989. The molecule has 0 saturated carbocycles. The summed E-state index contributed by atoms with van der Waals surface area (Å²) in [5, 5.41) is 14.1. The van der Waals surface area contributed by atoms with E-state index in [1.807, 2.05) is 12.1 Å². The van der Waals surface area contributed by atoms with Crippen molar-refractivity contribution in [3.8, 4) is 11.8 Å². The number of benzene rings is 1. The molecule has 0 atom stereocenters. The van der Waals surface area contributed by atoms with Crippen LogP contribution in [0.2, 0.25) is 0 Å². The molecule has 4 nitrogen and oxygen atoms in total. The Morgan fingerprint density at radius 3 is 2.58 bits per heavy atom. The van der Waals surface area contributed by atoms with Crippen LogP contribution < -0.4 is 10.1 Å². The third-order valence-corrected chi connectivity index (χ3v) is 4.41. The molecule has 0 unspecified atom stereocenters. The van der Waals surface area contributed by atoms with E-state index in [1.54, 1.807) is 11.4 Å². The third-order valence-electron chi connectivity index (χ3n) is 3.58. The van der Waals surface area contributed by atoms with E-state index in [0.29, 0.717) is 30.0 Å². The highest BCUT2D eigenvalue weighted by molar-refractivity contribution is 7.14. The molecule has 5 heteroatoms. The molecule has 0 saturated heterocycles. The molecule has 126 valence electrons. The van der Waals surface area contributed by atoms with Gasteiger partial charge in [0.1, 0.15) is 16.8 Å². The smallest absolute Gasteiger partial charge is 0.225 e. The van der Waals surface area contributed by atoms with E-state index in [4.69, 9.17) is 10.00 Å². The first-order valence-corrected chi connectivity index (χ1v) is 8.79. The van der Waals surface area contributed by atoms with Crippen molar-refractivity contribution in [1.29, 1.82) is 5.26 Å². The van der Waals surface area contributed by atoms with Crippen LogP contribution in [-0.4, -0.2) is 12.5 Å². The van der Waals surface area contributed by atoms with E-state index in [9.17, 15) is 4.79 Å². The van der Waals surface area contributed by atoms with E-state index in [-0.39, 0.29) is 11.3 Å². The fourth-order valence-electron chi connectivity index (χ4n) is 2.16. The number of ether oxygens (including phenoxy) is 1. The molecule has 2 aromatic rings. The number of amides is 1. The van der Waals surface area contributed by atoms with Gasteiger partial charge in [-0.15, -0.1) is 11.3 Å². The molecular weight excluding hydrogens is 320 g/mol. The molecule has 0 aliphatic heterocycles. The minimum absolute atomic E-state index is 0.0966. The van der Waals surface area contributed by atoms with Crippen LogP contribution in [0.25, 0.3) is 0 Å². The van der Waals surface area contributed by atoms with Crippen molar-refractivity contribution in [3.63, 3.8) is 0 Å². The first-order chi connectivity index (χ1) is 11.4. The van der Waals surface area contributed by atoms with Crippen LogP contribution in [-0.2, 0) is 10.2 Å². The van der Waals surface area contributed by atoms with Gasteiger partial charge in [-0.3, -0.25) is 4.79 Å². The number of carbonyl (C=O) groups excluding carboxylic acids is 1. The van der Waals surface area contributed by atoms with Crippen molar-refractivity contribution >= 4 is 22.2 Å². The highest BCUT2D eigenvalue weighted by Gasteiger charge is 2.13. The summed E-state index contributed by atoms with van der Waals surface area (Å²) < 4.78 is 5.67. The second-order valence-corrected chi connectivity index (χ2v) is 7.47. The molecule has 1 N–H and O–H groups in total. The molecular formula is C19H22N2O2S. The monoisotopic (exact) mass is 342 g/mol. The SMILES string of the molecule is CC(C)(C)c1ccc(OCCCC(=O)Nc2sccc2C#N)cc1. The number of hydrogen-bond acceptors (Lipinski definition) is 4. The summed E-state index contributed by atoms with van der Waals surface area (Å²) >= 11 is 1.36. The molecule has 1 aromatic carbocycles. The van der Waals surface area contributed by atoms with E-state index >= 15 is 0 Å². The van der Waals surface area contributed by atoms with Crippen molar-refractivity contribution in [2.24, 2.45) is 0 Å². The molecule has 1 aromatic heterocycles. The fraction of sp³-hybridized carbons (Fsp3) is 0.368. The lowest BCUT2D eigenvalue weighted by Crippen LogP contribution is -2.13.